The van der Waals surface area contributed by atoms with Crippen LogP contribution in [0, 0.1) is 0 Å². The van der Waals surface area contributed by atoms with Gasteiger partial charge in [0, 0.05) is 11.5 Å². The minimum Gasteiger partial charge on any atom is -0.438 e. The first-order valence-corrected chi connectivity index (χ1v) is 6.40. The molecule has 0 aliphatic heterocycles. The molecule has 1 heterocycles. The average molecular weight is 300 g/mol. The van der Waals surface area contributed by atoms with E-state index in [0.29, 0.717) is 5.88 Å². The zero-order chi connectivity index (χ0) is 12.4. The van der Waals surface area contributed by atoms with Gasteiger partial charge in [0.25, 0.3) is 0 Å². The third-order valence-electron chi connectivity index (χ3n) is 2.62. The fourth-order valence-corrected chi connectivity index (χ4v) is 2.11. The molecule has 18 heavy (non-hydrogen) atoms. The van der Waals surface area contributed by atoms with E-state index in [1.165, 1.54) is 0 Å². The topological polar surface area (TPSA) is 22.1 Å². The van der Waals surface area contributed by atoms with Crippen LogP contribution in [0.2, 0.25) is 0 Å². The van der Waals surface area contributed by atoms with Crippen molar-refractivity contribution in [1.29, 1.82) is 0 Å². The van der Waals surface area contributed by atoms with Crippen molar-refractivity contribution in [3.63, 3.8) is 0 Å². The Kier molecular flexibility index (Phi) is 2.99. The number of rotatable bonds is 2. The van der Waals surface area contributed by atoms with Gasteiger partial charge in [0.2, 0.25) is 5.88 Å². The van der Waals surface area contributed by atoms with Crippen molar-refractivity contribution < 1.29 is 4.74 Å². The molecular formula is C15H10BrNO. The summed E-state index contributed by atoms with van der Waals surface area (Å²) in [5.41, 5.74) is 0.932. The van der Waals surface area contributed by atoms with Gasteiger partial charge in [0.1, 0.15) is 5.75 Å². The Bertz CT molecular complexity index is 697. The smallest absolute Gasteiger partial charge is 0.219 e. The van der Waals surface area contributed by atoms with E-state index in [2.05, 4.69) is 20.9 Å². The summed E-state index contributed by atoms with van der Waals surface area (Å²) in [4.78, 5) is 4.47. The number of para-hydroxylation sites is 2. The predicted octanol–water partition coefficient (Wildman–Crippen LogP) is 4.79. The fraction of sp³-hybridized carbons (Fsp3) is 0. The molecule has 3 rings (SSSR count). The number of ether oxygens (including phenoxy) is 1. The number of hydrogen-bond acceptors (Lipinski definition) is 2. The Balaban J connectivity index is 1.98. The summed E-state index contributed by atoms with van der Waals surface area (Å²) in [5.74, 6) is 1.36. The molecule has 0 atom stereocenters. The van der Waals surface area contributed by atoms with Crippen LogP contribution in [0.25, 0.3) is 10.9 Å². The summed E-state index contributed by atoms with van der Waals surface area (Å²) in [6.45, 7) is 0. The zero-order valence-corrected chi connectivity index (χ0v) is 11.1. The molecule has 0 saturated carbocycles. The van der Waals surface area contributed by atoms with Gasteiger partial charge in [0.05, 0.1) is 9.99 Å². The van der Waals surface area contributed by atoms with Crippen molar-refractivity contribution in [3.05, 3.63) is 65.1 Å². The first-order valence-electron chi connectivity index (χ1n) is 5.61. The average Bonchev–Trinajstić information content (AvgIpc) is 2.41. The quantitative estimate of drug-likeness (QED) is 0.679. The Morgan fingerprint density at radius 3 is 2.50 bits per heavy atom. The molecular weight excluding hydrogens is 290 g/mol. The van der Waals surface area contributed by atoms with E-state index in [0.717, 1.165) is 21.1 Å². The van der Waals surface area contributed by atoms with Crippen LogP contribution in [0.15, 0.2) is 65.1 Å². The van der Waals surface area contributed by atoms with Crippen molar-refractivity contribution in [3.8, 4) is 11.6 Å². The summed E-state index contributed by atoms with van der Waals surface area (Å²) in [7, 11) is 0. The molecule has 0 spiro atoms. The molecule has 0 N–H and O–H groups in total. The third kappa shape index (κ3) is 2.22. The molecule has 2 nitrogen and oxygen atoms in total. The van der Waals surface area contributed by atoms with E-state index in [4.69, 9.17) is 4.74 Å². The number of pyridine rings is 1. The molecule has 3 aromatic rings. The first-order chi connectivity index (χ1) is 8.83. The van der Waals surface area contributed by atoms with E-state index >= 15 is 0 Å². The lowest BCUT2D eigenvalue weighted by atomic mass is 10.2. The van der Waals surface area contributed by atoms with Crippen LogP contribution < -0.4 is 4.74 Å². The molecule has 0 amide bonds. The van der Waals surface area contributed by atoms with Gasteiger partial charge in [0.15, 0.2) is 0 Å². The lowest BCUT2D eigenvalue weighted by Crippen LogP contribution is -1.89. The lowest BCUT2D eigenvalue weighted by molar-refractivity contribution is 0.462. The van der Waals surface area contributed by atoms with Crippen molar-refractivity contribution in [2.75, 3.05) is 0 Å². The Labute approximate surface area is 113 Å². The molecule has 0 aliphatic carbocycles. The number of hydrogen-bond donors (Lipinski definition) is 0. The molecule has 0 unspecified atom stereocenters. The number of fused-ring (bicyclic) bond motifs is 1. The number of benzene rings is 2. The van der Waals surface area contributed by atoms with E-state index in [1.807, 2.05) is 60.7 Å². The molecule has 1 aromatic heterocycles. The molecule has 0 aliphatic rings. The number of aromatic nitrogens is 1. The van der Waals surface area contributed by atoms with Gasteiger partial charge in [-0.2, -0.15) is 0 Å². The van der Waals surface area contributed by atoms with Crippen LogP contribution >= 0.6 is 15.9 Å². The first kappa shape index (κ1) is 11.2. The van der Waals surface area contributed by atoms with Crippen LogP contribution in [0.4, 0.5) is 0 Å². The summed E-state index contributed by atoms with van der Waals surface area (Å²) in [5, 5.41) is 1.11. The van der Waals surface area contributed by atoms with Gasteiger partial charge in [-0.25, -0.2) is 4.98 Å². The molecule has 0 radical (unpaired) electrons. The maximum Gasteiger partial charge on any atom is 0.219 e. The Morgan fingerprint density at radius 2 is 1.61 bits per heavy atom. The van der Waals surface area contributed by atoms with Gasteiger partial charge in [-0.05, 0) is 40.2 Å². The van der Waals surface area contributed by atoms with Gasteiger partial charge >= 0.3 is 0 Å². The standard InChI is InChI=1S/C15H10BrNO/c16-12-6-2-4-8-14(12)18-15-10-9-11-5-1-3-7-13(11)17-15/h1-10H. The summed E-state index contributed by atoms with van der Waals surface area (Å²) in [6.07, 6.45) is 0. The maximum atomic E-state index is 5.76. The second-order valence-electron chi connectivity index (χ2n) is 3.87. The molecule has 2 aromatic carbocycles. The Morgan fingerprint density at radius 1 is 0.833 bits per heavy atom. The second-order valence-corrected chi connectivity index (χ2v) is 4.73. The highest BCUT2D eigenvalue weighted by Crippen LogP contribution is 2.28. The van der Waals surface area contributed by atoms with Gasteiger partial charge in [-0.15, -0.1) is 0 Å². The maximum absolute atomic E-state index is 5.76. The van der Waals surface area contributed by atoms with E-state index < -0.39 is 0 Å². The summed E-state index contributed by atoms with van der Waals surface area (Å²) >= 11 is 3.45. The van der Waals surface area contributed by atoms with Crippen molar-refractivity contribution in [2.45, 2.75) is 0 Å². The van der Waals surface area contributed by atoms with Gasteiger partial charge in [-0.3, -0.25) is 0 Å². The van der Waals surface area contributed by atoms with Crippen molar-refractivity contribution in [2.24, 2.45) is 0 Å². The molecule has 0 saturated heterocycles. The van der Waals surface area contributed by atoms with E-state index in [-0.39, 0.29) is 0 Å². The van der Waals surface area contributed by atoms with E-state index in [1.54, 1.807) is 0 Å². The molecule has 88 valence electrons. The number of halogens is 1. The molecule has 0 bridgehead atoms. The minimum atomic E-state index is 0.598. The summed E-state index contributed by atoms with van der Waals surface area (Å²) < 4.78 is 6.68. The van der Waals surface area contributed by atoms with Crippen molar-refractivity contribution in [1.82, 2.24) is 4.98 Å². The third-order valence-corrected chi connectivity index (χ3v) is 3.28. The van der Waals surface area contributed by atoms with E-state index in [9.17, 15) is 0 Å². The second kappa shape index (κ2) is 4.78. The van der Waals surface area contributed by atoms with Crippen LogP contribution in [0.1, 0.15) is 0 Å². The van der Waals surface area contributed by atoms with Crippen molar-refractivity contribution >= 4 is 26.8 Å². The van der Waals surface area contributed by atoms with Gasteiger partial charge < -0.3 is 4.74 Å². The summed E-state index contributed by atoms with van der Waals surface area (Å²) in [6, 6.07) is 19.6. The van der Waals surface area contributed by atoms with Crippen LogP contribution in [0.5, 0.6) is 11.6 Å². The predicted molar refractivity (Wildman–Crippen MR) is 76.0 cm³/mol. The highest BCUT2D eigenvalue weighted by molar-refractivity contribution is 9.10. The van der Waals surface area contributed by atoms with Crippen LogP contribution in [-0.2, 0) is 0 Å². The lowest BCUT2D eigenvalue weighted by Gasteiger charge is -2.07. The number of nitrogens with zero attached hydrogens (tertiary/aromatic N) is 1. The largest absolute Gasteiger partial charge is 0.438 e. The molecule has 3 heteroatoms. The van der Waals surface area contributed by atoms with Crippen LogP contribution in [-0.4, -0.2) is 4.98 Å². The monoisotopic (exact) mass is 299 g/mol. The highest BCUT2D eigenvalue weighted by Gasteiger charge is 2.03. The normalized spacial score (nSPS) is 10.5. The van der Waals surface area contributed by atoms with Crippen LogP contribution in [0.3, 0.4) is 0 Å². The minimum absolute atomic E-state index is 0.598. The fourth-order valence-electron chi connectivity index (χ4n) is 1.74. The molecule has 0 fully saturated rings. The zero-order valence-electron chi connectivity index (χ0n) is 9.51. The van der Waals surface area contributed by atoms with Gasteiger partial charge in [-0.1, -0.05) is 30.3 Å². The Hall–Kier alpha value is -1.87. The SMILES string of the molecule is Brc1ccccc1Oc1ccc2ccccc2n1. The highest BCUT2D eigenvalue weighted by atomic mass is 79.9.